The predicted molar refractivity (Wildman–Crippen MR) is 66.9 cm³/mol. The molecule has 1 aliphatic heterocycles. The van der Waals surface area contributed by atoms with E-state index in [0.717, 1.165) is 0 Å². The molecule has 6 nitrogen and oxygen atoms in total. The molecule has 1 aliphatic rings. The number of aromatic nitrogens is 2. The number of β-amino-alcohol motifs (C(OH)–C–C–N with tert-alkyl or cyclic N) is 1. The lowest BCUT2D eigenvalue weighted by atomic mass is 10.0. The number of hydrogen-bond acceptors (Lipinski definition) is 4. The van der Waals surface area contributed by atoms with Crippen LogP contribution in [-0.2, 0) is 11.3 Å². The van der Waals surface area contributed by atoms with Crippen LogP contribution in [0.25, 0.3) is 0 Å². The Morgan fingerprint density at radius 3 is 2.94 bits per heavy atom. The molecule has 0 aromatic carbocycles. The number of carbonyl (C=O) groups excluding carboxylic acids is 1. The Morgan fingerprint density at radius 2 is 2.33 bits per heavy atom. The molecule has 1 aromatic rings. The maximum Gasteiger partial charge on any atom is 0.244 e. The quantitative estimate of drug-likeness (QED) is 0.778. The van der Waals surface area contributed by atoms with E-state index < -0.39 is 5.60 Å². The highest BCUT2D eigenvalue weighted by Gasteiger charge is 2.38. The van der Waals surface area contributed by atoms with E-state index in [1.165, 1.54) is 0 Å². The van der Waals surface area contributed by atoms with Gasteiger partial charge in [0.1, 0.15) is 6.54 Å². The van der Waals surface area contributed by atoms with Gasteiger partial charge in [-0.05, 0) is 26.6 Å². The molecule has 2 heterocycles. The van der Waals surface area contributed by atoms with Crippen LogP contribution in [0.1, 0.15) is 6.42 Å². The third-order valence-electron chi connectivity index (χ3n) is 3.15. The third kappa shape index (κ3) is 3.08. The molecule has 1 N–H and O–H groups in total. The highest BCUT2D eigenvalue weighted by molar-refractivity contribution is 5.76. The summed E-state index contributed by atoms with van der Waals surface area (Å²) in [6.07, 6.45) is 4.05. The molecule has 1 unspecified atom stereocenters. The molecule has 100 valence electrons. The predicted octanol–water partition coefficient (Wildman–Crippen LogP) is -0.592. The Bertz CT molecular complexity index is 404. The van der Waals surface area contributed by atoms with Crippen LogP contribution in [0, 0.1) is 0 Å². The summed E-state index contributed by atoms with van der Waals surface area (Å²) in [6.45, 7) is 1.85. The fourth-order valence-corrected chi connectivity index (χ4v) is 2.42. The molecule has 1 saturated heterocycles. The number of hydrogen-bond donors (Lipinski definition) is 1. The van der Waals surface area contributed by atoms with Crippen molar-refractivity contribution in [1.29, 1.82) is 0 Å². The maximum atomic E-state index is 12.0. The standard InChI is InChI=1S/C12H20N4O2/c1-14(2)9-12(18)4-7-15(10-12)11(17)8-16-6-3-5-13-16/h3,5-6,18H,4,7-10H2,1-2H3. The Balaban J connectivity index is 1.90. The zero-order valence-electron chi connectivity index (χ0n) is 10.9. The molecule has 0 aliphatic carbocycles. The van der Waals surface area contributed by atoms with Crippen molar-refractivity contribution in [3.63, 3.8) is 0 Å². The number of carbonyl (C=O) groups is 1. The van der Waals surface area contributed by atoms with Crippen molar-refractivity contribution in [2.75, 3.05) is 33.7 Å². The summed E-state index contributed by atoms with van der Waals surface area (Å²) in [4.78, 5) is 15.7. The van der Waals surface area contributed by atoms with Crippen molar-refractivity contribution >= 4 is 5.91 Å². The summed E-state index contributed by atoms with van der Waals surface area (Å²) in [5.41, 5.74) is -0.775. The van der Waals surface area contributed by atoms with E-state index in [1.54, 1.807) is 28.0 Å². The Hall–Kier alpha value is -1.40. The van der Waals surface area contributed by atoms with Crippen LogP contribution >= 0.6 is 0 Å². The average Bonchev–Trinajstić information content (AvgIpc) is 2.87. The zero-order chi connectivity index (χ0) is 13.2. The molecule has 0 bridgehead atoms. The maximum absolute atomic E-state index is 12.0. The van der Waals surface area contributed by atoms with Gasteiger partial charge < -0.3 is 14.9 Å². The van der Waals surface area contributed by atoms with Crippen molar-refractivity contribution in [1.82, 2.24) is 19.6 Å². The Morgan fingerprint density at radius 1 is 1.56 bits per heavy atom. The number of amides is 1. The second-order valence-corrected chi connectivity index (χ2v) is 5.23. The number of likely N-dealkylation sites (tertiary alicyclic amines) is 1. The molecule has 1 amide bonds. The highest BCUT2D eigenvalue weighted by Crippen LogP contribution is 2.22. The average molecular weight is 252 g/mol. The van der Waals surface area contributed by atoms with Crippen molar-refractivity contribution < 1.29 is 9.90 Å². The lowest BCUT2D eigenvalue weighted by Gasteiger charge is -2.26. The lowest BCUT2D eigenvalue weighted by molar-refractivity contribution is -0.132. The molecule has 6 heteroatoms. The van der Waals surface area contributed by atoms with Gasteiger partial charge in [-0.1, -0.05) is 0 Å². The molecule has 0 spiro atoms. The first-order valence-electron chi connectivity index (χ1n) is 6.11. The Kier molecular flexibility index (Phi) is 3.68. The number of rotatable bonds is 4. The van der Waals surface area contributed by atoms with E-state index in [4.69, 9.17) is 0 Å². The summed E-state index contributed by atoms with van der Waals surface area (Å²) in [5.74, 6) is 0.00776. The molecule has 0 radical (unpaired) electrons. The van der Waals surface area contributed by atoms with Crippen LogP contribution in [0.15, 0.2) is 18.5 Å². The van der Waals surface area contributed by atoms with Crippen LogP contribution < -0.4 is 0 Å². The summed E-state index contributed by atoms with van der Waals surface area (Å²) in [7, 11) is 3.85. The zero-order valence-corrected chi connectivity index (χ0v) is 10.9. The van der Waals surface area contributed by atoms with Crippen molar-refractivity contribution in [3.8, 4) is 0 Å². The van der Waals surface area contributed by atoms with Gasteiger partial charge in [-0.3, -0.25) is 9.48 Å². The normalized spacial score (nSPS) is 23.9. The molecular formula is C12H20N4O2. The molecule has 0 saturated carbocycles. The van der Waals surface area contributed by atoms with Crippen LogP contribution in [0.2, 0.25) is 0 Å². The van der Waals surface area contributed by atoms with Gasteiger partial charge in [0.15, 0.2) is 0 Å². The minimum Gasteiger partial charge on any atom is -0.387 e. The largest absolute Gasteiger partial charge is 0.387 e. The van der Waals surface area contributed by atoms with Crippen LogP contribution in [0.5, 0.6) is 0 Å². The fraction of sp³-hybridized carbons (Fsp3) is 0.667. The first-order chi connectivity index (χ1) is 8.48. The topological polar surface area (TPSA) is 61.6 Å². The first-order valence-corrected chi connectivity index (χ1v) is 6.11. The summed E-state index contributed by atoms with van der Waals surface area (Å²) in [5, 5.41) is 14.4. The summed E-state index contributed by atoms with van der Waals surface area (Å²) >= 11 is 0. The number of nitrogens with zero attached hydrogens (tertiary/aromatic N) is 4. The monoisotopic (exact) mass is 252 g/mol. The van der Waals surface area contributed by atoms with Crippen molar-refractivity contribution in [2.45, 2.75) is 18.6 Å². The molecule has 1 atom stereocenters. The molecule has 1 fully saturated rings. The number of likely N-dealkylation sites (N-methyl/N-ethyl adjacent to an activating group) is 1. The van der Waals surface area contributed by atoms with Gasteiger partial charge in [0.2, 0.25) is 5.91 Å². The van der Waals surface area contributed by atoms with E-state index in [1.807, 2.05) is 19.0 Å². The lowest BCUT2D eigenvalue weighted by Crippen LogP contribution is -2.44. The van der Waals surface area contributed by atoms with Gasteiger partial charge in [0, 0.05) is 25.5 Å². The molecule has 18 heavy (non-hydrogen) atoms. The van der Waals surface area contributed by atoms with Crippen LogP contribution in [-0.4, -0.2) is 69.9 Å². The number of aliphatic hydroxyl groups is 1. The summed E-state index contributed by atoms with van der Waals surface area (Å²) in [6, 6.07) is 1.79. The molecule has 1 aromatic heterocycles. The van der Waals surface area contributed by atoms with E-state index >= 15 is 0 Å². The minimum atomic E-state index is -0.775. The second kappa shape index (κ2) is 5.07. The van der Waals surface area contributed by atoms with E-state index in [2.05, 4.69) is 5.10 Å². The van der Waals surface area contributed by atoms with E-state index in [-0.39, 0.29) is 12.5 Å². The van der Waals surface area contributed by atoms with Gasteiger partial charge in [-0.25, -0.2) is 0 Å². The van der Waals surface area contributed by atoms with Gasteiger partial charge in [-0.2, -0.15) is 5.10 Å². The fourth-order valence-electron chi connectivity index (χ4n) is 2.42. The minimum absolute atomic E-state index is 0.00776. The third-order valence-corrected chi connectivity index (χ3v) is 3.15. The highest BCUT2D eigenvalue weighted by atomic mass is 16.3. The van der Waals surface area contributed by atoms with Crippen molar-refractivity contribution in [2.24, 2.45) is 0 Å². The Labute approximate surface area is 107 Å². The molecule has 2 rings (SSSR count). The van der Waals surface area contributed by atoms with Crippen LogP contribution in [0.3, 0.4) is 0 Å². The second-order valence-electron chi connectivity index (χ2n) is 5.23. The van der Waals surface area contributed by atoms with Gasteiger partial charge in [0.05, 0.1) is 12.1 Å². The summed E-state index contributed by atoms with van der Waals surface area (Å²) < 4.78 is 1.60. The van der Waals surface area contributed by atoms with Crippen molar-refractivity contribution in [3.05, 3.63) is 18.5 Å². The van der Waals surface area contributed by atoms with E-state index in [9.17, 15) is 9.90 Å². The first kappa shape index (κ1) is 13.0. The molecular weight excluding hydrogens is 232 g/mol. The SMILES string of the molecule is CN(C)CC1(O)CCN(C(=O)Cn2cccn2)C1. The van der Waals surface area contributed by atoms with Gasteiger partial charge >= 0.3 is 0 Å². The smallest absolute Gasteiger partial charge is 0.244 e. The van der Waals surface area contributed by atoms with E-state index in [0.29, 0.717) is 26.1 Å². The van der Waals surface area contributed by atoms with Gasteiger partial charge in [0.25, 0.3) is 0 Å². The van der Waals surface area contributed by atoms with Crippen LogP contribution in [0.4, 0.5) is 0 Å². The van der Waals surface area contributed by atoms with Gasteiger partial charge in [-0.15, -0.1) is 0 Å².